The fraction of sp³-hybridized carbons (Fsp3) is 0.667. The Morgan fingerprint density at radius 2 is 0.481 bits per heavy atom. The topological polar surface area (TPSA) is 78.9 Å². The Hall–Kier alpha value is -4.45. The van der Waals surface area contributed by atoms with Gasteiger partial charge in [-0.3, -0.25) is 14.4 Å². The van der Waals surface area contributed by atoms with Crippen molar-refractivity contribution in [2.24, 2.45) is 0 Å². The second-order valence-corrected chi connectivity index (χ2v) is 22.0. The van der Waals surface area contributed by atoms with Crippen LogP contribution >= 0.6 is 0 Å². The minimum Gasteiger partial charge on any atom is -0.462 e. The molecule has 6 nitrogen and oxygen atoms in total. The number of carbonyl (C=O) groups is 3. The molecule has 0 aromatic carbocycles. The van der Waals surface area contributed by atoms with Crippen molar-refractivity contribution in [1.29, 1.82) is 0 Å². The number of unbranched alkanes of at least 4 members (excludes halogenated alkanes) is 27. The van der Waals surface area contributed by atoms with Crippen molar-refractivity contribution in [1.82, 2.24) is 0 Å². The van der Waals surface area contributed by atoms with Crippen LogP contribution in [0.15, 0.2) is 134 Å². The molecule has 0 aromatic heterocycles. The molecule has 0 aliphatic heterocycles. The molecule has 0 rings (SSSR count). The van der Waals surface area contributed by atoms with Crippen molar-refractivity contribution in [3.8, 4) is 0 Å². The second-order valence-electron chi connectivity index (χ2n) is 22.0. The standard InChI is InChI=1S/C75H124O6/c1-4-7-10-13-16-19-21-23-25-27-29-31-33-34-35-36-37-38-39-40-42-43-45-47-49-51-53-56-59-62-65-68-74(77)80-71-72(70-79-73(76)67-64-61-58-55-18-15-12-9-6-3)81-75(78)69-66-63-60-57-54-52-50-48-46-44-41-32-30-28-26-24-22-20-17-14-11-8-5-2/h7-8,10-11,16-17,19-20,23-26,29-32,34-35,37-38,40,42,72H,4-6,9,12-15,18,21-22,27-28,33,36,39,41,43-71H2,1-3H3/b10-7-,11-8-,19-16-,20-17-,25-23-,26-24-,31-29-,32-30-,35-34-,38-37-,42-40-. The molecule has 0 saturated carbocycles. The number of carbonyl (C=O) groups excluding carboxylic acids is 3. The largest absolute Gasteiger partial charge is 0.462 e. The lowest BCUT2D eigenvalue weighted by molar-refractivity contribution is -0.167. The molecule has 1 unspecified atom stereocenters. The summed E-state index contributed by atoms with van der Waals surface area (Å²) < 4.78 is 16.9. The molecule has 1 atom stereocenters. The van der Waals surface area contributed by atoms with E-state index in [1.807, 2.05) is 0 Å². The molecule has 0 radical (unpaired) electrons. The van der Waals surface area contributed by atoms with Crippen LogP contribution in [0, 0.1) is 0 Å². The van der Waals surface area contributed by atoms with Gasteiger partial charge < -0.3 is 14.2 Å². The van der Waals surface area contributed by atoms with Gasteiger partial charge in [-0.1, -0.05) is 302 Å². The number of rotatable bonds is 60. The van der Waals surface area contributed by atoms with E-state index in [4.69, 9.17) is 14.2 Å². The maximum absolute atomic E-state index is 12.9. The average Bonchev–Trinajstić information content (AvgIpc) is 3.47. The quantitative estimate of drug-likeness (QED) is 0.0261. The Balaban J connectivity index is 4.22. The molecular formula is C75H124O6. The summed E-state index contributed by atoms with van der Waals surface area (Å²) >= 11 is 0. The predicted molar refractivity (Wildman–Crippen MR) is 353 cm³/mol. The van der Waals surface area contributed by atoms with Gasteiger partial charge in [0.2, 0.25) is 0 Å². The van der Waals surface area contributed by atoms with E-state index < -0.39 is 6.10 Å². The van der Waals surface area contributed by atoms with E-state index in [-0.39, 0.29) is 31.1 Å². The Labute approximate surface area is 500 Å². The van der Waals surface area contributed by atoms with Crippen molar-refractivity contribution >= 4 is 17.9 Å². The first-order chi connectivity index (χ1) is 40.0. The first-order valence-electron chi connectivity index (χ1n) is 33.7. The van der Waals surface area contributed by atoms with Gasteiger partial charge in [0.1, 0.15) is 13.2 Å². The van der Waals surface area contributed by atoms with Gasteiger partial charge in [0.25, 0.3) is 0 Å². The van der Waals surface area contributed by atoms with Gasteiger partial charge in [-0.2, -0.15) is 0 Å². The number of esters is 3. The van der Waals surface area contributed by atoms with Crippen LogP contribution in [-0.4, -0.2) is 37.2 Å². The zero-order valence-electron chi connectivity index (χ0n) is 52.8. The summed E-state index contributed by atoms with van der Waals surface area (Å²) in [6.07, 6.45) is 96.2. The molecule has 0 bridgehead atoms. The second kappa shape index (κ2) is 68.1. The summed E-state index contributed by atoms with van der Waals surface area (Å²) in [4.78, 5) is 38.3. The van der Waals surface area contributed by atoms with E-state index in [1.165, 1.54) is 128 Å². The zero-order chi connectivity index (χ0) is 58.5. The summed E-state index contributed by atoms with van der Waals surface area (Å²) in [5.74, 6) is -0.890. The molecular weight excluding hydrogens is 997 g/mol. The molecule has 0 N–H and O–H groups in total. The third kappa shape index (κ3) is 66.2. The maximum Gasteiger partial charge on any atom is 0.306 e. The van der Waals surface area contributed by atoms with E-state index in [0.717, 1.165) is 135 Å². The van der Waals surface area contributed by atoms with Crippen LogP contribution in [0.5, 0.6) is 0 Å². The Morgan fingerprint density at radius 3 is 0.753 bits per heavy atom. The predicted octanol–water partition coefficient (Wildman–Crippen LogP) is 23.3. The first-order valence-corrected chi connectivity index (χ1v) is 33.7. The van der Waals surface area contributed by atoms with E-state index in [9.17, 15) is 14.4 Å². The summed E-state index contributed by atoms with van der Waals surface area (Å²) in [7, 11) is 0. The molecule has 0 aliphatic rings. The van der Waals surface area contributed by atoms with Crippen LogP contribution < -0.4 is 0 Å². The fourth-order valence-corrected chi connectivity index (χ4v) is 9.18. The third-order valence-electron chi connectivity index (χ3n) is 14.2. The lowest BCUT2D eigenvalue weighted by Crippen LogP contribution is -2.30. The van der Waals surface area contributed by atoms with Crippen LogP contribution in [0.25, 0.3) is 0 Å². The molecule has 0 aliphatic carbocycles. The number of allylic oxidation sites excluding steroid dienone is 22. The molecule has 0 amide bonds. The number of hydrogen-bond acceptors (Lipinski definition) is 6. The van der Waals surface area contributed by atoms with Crippen molar-refractivity contribution in [3.63, 3.8) is 0 Å². The fourth-order valence-electron chi connectivity index (χ4n) is 9.18. The van der Waals surface area contributed by atoms with Crippen LogP contribution in [-0.2, 0) is 28.6 Å². The SMILES string of the molecule is CC/C=C\C/C=C\C/C=C\C/C=C\C/C=C\C/C=C\C/C=C\CCCCCCCCCCCC(=O)OCC(COC(=O)CCCCCCCCCCC)OC(=O)CCCCCCCCCCCC/C=C\C/C=C\C/C=C\C/C=C\CC. The first kappa shape index (κ1) is 76.5. The maximum atomic E-state index is 12.9. The highest BCUT2D eigenvalue weighted by atomic mass is 16.6. The summed E-state index contributed by atoms with van der Waals surface area (Å²) in [6, 6.07) is 0. The highest BCUT2D eigenvalue weighted by Gasteiger charge is 2.19. The third-order valence-corrected chi connectivity index (χ3v) is 14.2. The van der Waals surface area contributed by atoms with Crippen LogP contribution in [0.4, 0.5) is 0 Å². The summed E-state index contributed by atoms with van der Waals surface area (Å²) in [6.45, 7) is 6.40. The molecule has 0 heterocycles. The summed E-state index contributed by atoms with van der Waals surface area (Å²) in [5, 5.41) is 0. The summed E-state index contributed by atoms with van der Waals surface area (Å²) in [5.41, 5.74) is 0. The highest BCUT2D eigenvalue weighted by Crippen LogP contribution is 2.16. The molecule has 0 fully saturated rings. The average molecular weight is 1120 g/mol. The molecule has 81 heavy (non-hydrogen) atoms. The highest BCUT2D eigenvalue weighted by molar-refractivity contribution is 5.71. The smallest absolute Gasteiger partial charge is 0.306 e. The van der Waals surface area contributed by atoms with Gasteiger partial charge in [0.15, 0.2) is 6.10 Å². The molecule has 460 valence electrons. The monoisotopic (exact) mass is 1120 g/mol. The number of hydrogen-bond donors (Lipinski definition) is 0. The van der Waals surface area contributed by atoms with Crippen LogP contribution in [0.2, 0.25) is 0 Å². The van der Waals surface area contributed by atoms with Crippen molar-refractivity contribution in [3.05, 3.63) is 134 Å². The van der Waals surface area contributed by atoms with Gasteiger partial charge in [-0.25, -0.2) is 0 Å². The molecule has 0 saturated heterocycles. The van der Waals surface area contributed by atoms with E-state index in [2.05, 4.69) is 154 Å². The van der Waals surface area contributed by atoms with Crippen molar-refractivity contribution in [2.75, 3.05) is 13.2 Å². The van der Waals surface area contributed by atoms with Gasteiger partial charge in [0, 0.05) is 19.3 Å². The van der Waals surface area contributed by atoms with Gasteiger partial charge >= 0.3 is 17.9 Å². The lowest BCUT2D eigenvalue weighted by atomic mass is 10.0. The minimum atomic E-state index is -0.785. The van der Waals surface area contributed by atoms with E-state index in [1.54, 1.807) is 0 Å². The normalized spacial score (nSPS) is 13.0. The van der Waals surface area contributed by atoms with Crippen LogP contribution in [0.1, 0.15) is 303 Å². The zero-order valence-corrected chi connectivity index (χ0v) is 52.8. The lowest BCUT2D eigenvalue weighted by Gasteiger charge is -2.18. The Kier molecular flexibility index (Phi) is 64.3. The van der Waals surface area contributed by atoms with Gasteiger partial charge in [-0.15, -0.1) is 0 Å². The van der Waals surface area contributed by atoms with E-state index >= 15 is 0 Å². The Bertz CT molecular complexity index is 1720. The minimum absolute atomic E-state index is 0.0819. The molecule has 6 heteroatoms. The van der Waals surface area contributed by atoms with Crippen molar-refractivity contribution in [2.45, 2.75) is 309 Å². The number of ether oxygens (including phenoxy) is 3. The van der Waals surface area contributed by atoms with Gasteiger partial charge in [0.05, 0.1) is 0 Å². The van der Waals surface area contributed by atoms with Crippen molar-refractivity contribution < 1.29 is 28.6 Å². The van der Waals surface area contributed by atoms with E-state index in [0.29, 0.717) is 19.3 Å². The van der Waals surface area contributed by atoms with Crippen LogP contribution in [0.3, 0.4) is 0 Å². The molecule has 0 spiro atoms. The van der Waals surface area contributed by atoms with Gasteiger partial charge in [-0.05, 0) is 116 Å². The Morgan fingerprint density at radius 1 is 0.259 bits per heavy atom. The molecule has 0 aromatic rings.